The highest BCUT2D eigenvalue weighted by Crippen LogP contribution is 2.20. The van der Waals surface area contributed by atoms with E-state index in [0.717, 1.165) is 0 Å². The number of halogens is 1. The van der Waals surface area contributed by atoms with E-state index in [1.807, 2.05) is 6.92 Å². The van der Waals surface area contributed by atoms with Crippen LogP contribution in [0.15, 0.2) is 23.2 Å². The number of aryl methyl sites for hydroxylation is 1. The molecule has 0 aliphatic carbocycles. The highest BCUT2D eigenvalue weighted by Gasteiger charge is 2.02. The van der Waals surface area contributed by atoms with Crippen molar-refractivity contribution >= 4 is 11.5 Å². The number of aliphatic imine (C=N–C) groups is 1. The smallest absolute Gasteiger partial charge is 0.151 e. The van der Waals surface area contributed by atoms with Crippen molar-refractivity contribution < 1.29 is 4.39 Å². The predicted molar refractivity (Wildman–Crippen MR) is 52.7 cm³/mol. The van der Waals surface area contributed by atoms with E-state index in [2.05, 4.69) is 4.99 Å². The molecule has 0 aliphatic rings. The minimum atomic E-state index is -0.293. The van der Waals surface area contributed by atoms with E-state index in [1.54, 1.807) is 25.1 Å². The number of nitrogens with zero attached hydrogens (tertiary/aromatic N) is 1. The van der Waals surface area contributed by atoms with Crippen LogP contribution in [0, 0.1) is 12.7 Å². The second-order valence-corrected chi connectivity index (χ2v) is 2.86. The van der Waals surface area contributed by atoms with Crippen LogP contribution in [0.4, 0.5) is 10.1 Å². The quantitative estimate of drug-likeness (QED) is 0.551. The Morgan fingerprint density at radius 3 is 2.85 bits per heavy atom. The van der Waals surface area contributed by atoms with E-state index >= 15 is 0 Å². The van der Waals surface area contributed by atoms with Gasteiger partial charge in [-0.1, -0.05) is 19.1 Å². The second kappa shape index (κ2) is 4.03. The van der Waals surface area contributed by atoms with Gasteiger partial charge in [-0.05, 0) is 18.6 Å². The average Bonchev–Trinajstić information content (AvgIpc) is 2.13. The van der Waals surface area contributed by atoms with Crippen molar-refractivity contribution in [2.75, 3.05) is 0 Å². The van der Waals surface area contributed by atoms with Crippen LogP contribution >= 0.6 is 0 Å². The lowest BCUT2D eigenvalue weighted by Gasteiger charge is -2.01. The number of benzene rings is 1. The Kier molecular flexibility index (Phi) is 3.01. The van der Waals surface area contributed by atoms with Gasteiger partial charge in [-0.2, -0.15) is 0 Å². The monoisotopic (exact) mass is 180 g/mol. The summed E-state index contributed by atoms with van der Waals surface area (Å²) in [7, 11) is 0. The largest absolute Gasteiger partial charge is 0.387 e. The summed E-state index contributed by atoms with van der Waals surface area (Å²) in [4.78, 5) is 3.96. The molecule has 2 nitrogen and oxygen atoms in total. The fourth-order valence-electron chi connectivity index (χ4n) is 0.952. The summed E-state index contributed by atoms with van der Waals surface area (Å²) in [6.45, 7) is 3.59. The zero-order valence-electron chi connectivity index (χ0n) is 7.84. The summed E-state index contributed by atoms with van der Waals surface area (Å²) < 4.78 is 13.3. The van der Waals surface area contributed by atoms with Gasteiger partial charge in [-0.15, -0.1) is 0 Å². The molecule has 0 fully saturated rings. The van der Waals surface area contributed by atoms with Crippen LogP contribution in [0.1, 0.15) is 18.9 Å². The minimum Gasteiger partial charge on any atom is -0.387 e. The first-order valence-corrected chi connectivity index (χ1v) is 4.23. The third-order valence-corrected chi connectivity index (χ3v) is 1.80. The van der Waals surface area contributed by atoms with Crippen LogP contribution in [0.3, 0.4) is 0 Å². The molecule has 0 aromatic heterocycles. The summed E-state index contributed by atoms with van der Waals surface area (Å²) in [6, 6.07) is 5.08. The molecule has 0 spiro atoms. The summed E-state index contributed by atoms with van der Waals surface area (Å²) in [5.74, 6) is 0.156. The van der Waals surface area contributed by atoms with Gasteiger partial charge in [0.1, 0.15) is 5.69 Å². The lowest BCUT2D eigenvalue weighted by molar-refractivity contribution is 0.620. The van der Waals surface area contributed by atoms with Gasteiger partial charge in [0, 0.05) is 6.42 Å². The molecule has 1 rings (SSSR count). The van der Waals surface area contributed by atoms with Gasteiger partial charge in [0.25, 0.3) is 0 Å². The Labute approximate surface area is 77.3 Å². The van der Waals surface area contributed by atoms with E-state index in [4.69, 9.17) is 5.73 Å². The number of nitrogens with two attached hydrogens (primary N) is 1. The molecule has 0 saturated heterocycles. The molecule has 0 heterocycles. The van der Waals surface area contributed by atoms with Crippen LogP contribution in [0.25, 0.3) is 0 Å². The first-order chi connectivity index (χ1) is 6.15. The van der Waals surface area contributed by atoms with Crippen LogP contribution in [0.2, 0.25) is 0 Å². The number of rotatable bonds is 2. The summed E-state index contributed by atoms with van der Waals surface area (Å²) >= 11 is 0. The van der Waals surface area contributed by atoms with Crippen molar-refractivity contribution in [3.63, 3.8) is 0 Å². The van der Waals surface area contributed by atoms with Gasteiger partial charge in [0.05, 0.1) is 5.84 Å². The first-order valence-electron chi connectivity index (χ1n) is 4.23. The molecule has 1 aromatic carbocycles. The Balaban J connectivity index is 3.09. The Morgan fingerprint density at radius 1 is 1.54 bits per heavy atom. The average molecular weight is 180 g/mol. The van der Waals surface area contributed by atoms with E-state index < -0.39 is 0 Å². The highest BCUT2D eigenvalue weighted by molar-refractivity contribution is 5.82. The Hall–Kier alpha value is -1.38. The topological polar surface area (TPSA) is 38.4 Å². The molecular formula is C10H13FN2. The molecule has 1 aromatic rings. The minimum absolute atomic E-state index is 0.293. The van der Waals surface area contributed by atoms with E-state index in [9.17, 15) is 4.39 Å². The van der Waals surface area contributed by atoms with E-state index in [0.29, 0.717) is 23.5 Å². The Bertz CT molecular complexity index is 332. The molecule has 0 amide bonds. The molecule has 0 aliphatic heterocycles. The fraction of sp³-hybridized carbons (Fsp3) is 0.300. The maximum absolute atomic E-state index is 13.3. The van der Waals surface area contributed by atoms with Crippen LogP contribution in [0.5, 0.6) is 0 Å². The summed E-state index contributed by atoms with van der Waals surface area (Å²) in [5, 5.41) is 0. The standard InChI is InChI=1S/C10H13FN2/c1-3-9(12)13-8-6-4-5-7(2)10(8)11/h4-6H,3H2,1-2H3,(H2,12,13). The number of amidine groups is 1. The van der Waals surface area contributed by atoms with Crippen molar-refractivity contribution in [1.29, 1.82) is 0 Å². The molecule has 0 saturated carbocycles. The van der Waals surface area contributed by atoms with Crippen LogP contribution < -0.4 is 5.73 Å². The third kappa shape index (κ3) is 2.28. The zero-order valence-corrected chi connectivity index (χ0v) is 7.84. The van der Waals surface area contributed by atoms with Gasteiger partial charge in [-0.25, -0.2) is 9.38 Å². The first kappa shape index (κ1) is 9.71. The van der Waals surface area contributed by atoms with Gasteiger partial charge in [0.15, 0.2) is 5.82 Å². The molecule has 0 atom stereocenters. The van der Waals surface area contributed by atoms with Gasteiger partial charge >= 0.3 is 0 Å². The van der Waals surface area contributed by atoms with E-state index in [-0.39, 0.29) is 5.82 Å². The lowest BCUT2D eigenvalue weighted by atomic mass is 10.2. The molecule has 13 heavy (non-hydrogen) atoms. The number of hydrogen-bond donors (Lipinski definition) is 1. The zero-order chi connectivity index (χ0) is 9.84. The van der Waals surface area contributed by atoms with Gasteiger partial charge in [0.2, 0.25) is 0 Å². The maximum Gasteiger partial charge on any atom is 0.151 e. The van der Waals surface area contributed by atoms with Gasteiger partial charge < -0.3 is 5.73 Å². The summed E-state index contributed by atoms with van der Waals surface area (Å²) in [6.07, 6.45) is 0.632. The van der Waals surface area contributed by atoms with Crippen LogP contribution in [-0.2, 0) is 0 Å². The SMILES string of the molecule is CCC(N)=Nc1cccc(C)c1F. The highest BCUT2D eigenvalue weighted by atomic mass is 19.1. The molecule has 3 heteroatoms. The molecule has 2 N–H and O–H groups in total. The normalized spacial score (nSPS) is 11.8. The molecule has 0 bridgehead atoms. The van der Waals surface area contributed by atoms with Crippen molar-refractivity contribution in [1.82, 2.24) is 0 Å². The van der Waals surface area contributed by atoms with Gasteiger partial charge in [-0.3, -0.25) is 0 Å². The second-order valence-electron chi connectivity index (χ2n) is 2.86. The van der Waals surface area contributed by atoms with Crippen molar-refractivity contribution in [2.24, 2.45) is 10.7 Å². The molecule has 70 valence electrons. The fourth-order valence-corrected chi connectivity index (χ4v) is 0.952. The maximum atomic E-state index is 13.3. The van der Waals surface area contributed by atoms with Crippen molar-refractivity contribution in [2.45, 2.75) is 20.3 Å². The lowest BCUT2D eigenvalue weighted by Crippen LogP contribution is -2.08. The third-order valence-electron chi connectivity index (χ3n) is 1.80. The molecule has 0 radical (unpaired) electrons. The van der Waals surface area contributed by atoms with Crippen LogP contribution in [-0.4, -0.2) is 5.84 Å². The van der Waals surface area contributed by atoms with E-state index in [1.165, 1.54) is 0 Å². The molecular weight excluding hydrogens is 167 g/mol. The summed E-state index contributed by atoms with van der Waals surface area (Å²) in [5.41, 5.74) is 6.41. The molecule has 0 unspecified atom stereocenters. The predicted octanol–water partition coefficient (Wildman–Crippen LogP) is 2.53. The van der Waals surface area contributed by atoms with Crippen molar-refractivity contribution in [3.05, 3.63) is 29.6 Å². The number of hydrogen-bond acceptors (Lipinski definition) is 1. The van der Waals surface area contributed by atoms with Crippen molar-refractivity contribution in [3.8, 4) is 0 Å². The Morgan fingerprint density at radius 2 is 2.23 bits per heavy atom.